The molecule has 1 heterocycles. The Bertz CT molecular complexity index is 772. The van der Waals surface area contributed by atoms with Crippen molar-refractivity contribution < 1.29 is 27.3 Å². The van der Waals surface area contributed by atoms with Gasteiger partial charge in [0.1, 0.15) is 0 Å². The summed E-state index contributed by atoms with van der Waals surface area (Å²) in [5.74, 6) is -2.10. The van der Waals surface area contributed by atoms with Crippen molar-refractivity contribution in [1.82, 2.24) is 20.4 Å². The molecule has 26 heavy (non-hydrogen) atoms. The number of hydrogen-bond acceptors (Lipinski definition) is 5. The van der Waals surface area contributed by atoms with Crippen molar-refractivity contribution in [1.29, 1.82) is 0 Å². The first-order chi connectivity index (χ1) is 12.2. The van der Waals surface area contributed by atoms with Gasteiger partial charge in [0.2, 0.25) is 17.6 Å². The van der Waals surface area contributed by atoms with Crippen LogP contribution in [0.15, 0.2) is 28.8 Å². The molecule has 2 rings (SSSR count). The molecule has 0 saturated carbocycles. The summed E-state index contributed by atoms with van der Waals surface area (Å²) in [5, 5.41) is 5.76. The first kappa shape index (κ1) is 19.4. The molecule has 2 amide bonds. The van der Waals surface area contributed by atoms with Crippen LogP contribution in [0.2, 0.25) is 0 Å². The van der Waals surface area contributed by atoms with E-state index in [9.17, 15) is 22.8 Å². The Morgan fingerprint density at radius 1 is 1.23 bits per heavy atom. The second kappa shape index (κ2) is 7.98. The van der Waals surface area contributed by atoms with Gasteiger partial charge in [-0.25, -0.2) is 0 Å². The van der Waals surface area contributed by atoms with Gasteiger partial charge < -0.3 is 14.7 Å². The lowest BCUT2D eigenvalue weighted by molar-refractivity contribution is -0.159. The second-order valence-electron chi connectivity index (χ2n) is 5.44. The molecule has 0 aliphatic carbocycles. The van der Waals surface area contributed by atoms with Crippen LogP contribution in [0.3, 0.4) is 0 Å². The quantitative estimate of drug-likeness (QED) is 0.843. The normalized spacial score (nSPS) is 11.3. The molecule has 0 saturated heterocycles. The fourth-order valence-electron chi connectivity index (χ4n) is 2.12. The lowest BCUT2D eigenvalue weighted by Crippen LogP contribution is -2.39. The van der Waals surface area contributed by atoms with Gasteiger partial charge in [-0.3, -0.25) is 9.59 Å². The number of rotatable bonds is 6. The summed E-state index contributed by atoms with van der Waals surface area (Å²) in [6, 6.07) is 6.42. The van der Waals surface area contributed by atoms with Gasteiger partial charge in [0.05, 0.1) is 6.54 Å². The lowest BCUT2D eigenvalue weighted by Gasteiger charge is -2.21. The summed E-state index contributed by atoms with van der Waals surface area (Å²) in [6.45, 7) is 3.78. The zero-order chi connectivity index (χ0) is 19.3. The third kappa shape index (κ3) is 5.04. The van der Waals surface area contributed by atoms with E-state index in [-0.39, 0.29) is 24.2 Å². The Morgan fingerprint density at radius 2 is 1.88 bits per heavy atom. The molecule has 1 N–H and O–H groups in total. The average molecular weight is 370 g/mol. The predicted octanol–water partition coefficient (Wildman–Crippen LogP) is 2.24. The SMILES string of the molecule is CCN(Cc1ccc(-c2noc(C(F)(F)F)n2)cc1)C(=O)CNC(C)=O. The summed E-state index contributed by atoms with van der Waals surface area (Å²) in [5.41, 5.74) is 1.13. The van der Waals surface area contributed by atoms with Crippen molar-refractivity contribution in [2.75, 3.05) is 13.1 Å². The molecule has 0 spiro atoms. The molecule has 1 aromatic carbocycles. The third-order valence-corrected chi connectivity index (χ3v) is 3.48. The number of aromatic nitrogens is 2. The van der Waals surface area contributed by atoms with Crippen LogP contribution in [-0.4, -0.2) is 39.9 Å². The standard InChI is InChI=1S/C16H17F3N4O3/c1-3-23(13(25)8-20-10(2)24)9-11-4-6-12(7-5-11)14-21-15(26-22-14)16(17,18)19/h4-7H,3,8-9H2,1-2H3,(H,20,24). The van der Waals surface area contributed by atoms with Crippen molar-refractivity contribution in [2.45, 2.75) is 26.6 Å². The number of benzene rings is 1. The van der Waals surface area contributed by atoms with Gasteiger partial charge in [0.15, 0.2) is 0 Å². The van der Waals surface area contributed by atoms with Crippen LogP contribution in [0.25, 0.3) is 11.4 Å². The zero-order valence-electron chi connectivity index (χ0n) is 14.1. The summed E-state index contributed by atoms with van der Waals surface area (Å²) in [6.07, 6.45) is -4.69. The van der Waals surface area contributed by atoms with Crippen molar-refractivity contribution in [3.8, 4) is 11.4 Å². The summed E-state index contributed by atoms with van der Waals surface area (Å²) in [4.78, 5) is 27.8. The summed E-state index contributed by atoms with van der Waals surface area (Å²) < 4.78 is 41.7. The van der Waals surface area contributed by atoms with E-state index in [0.717, 1.165) is 5.56 Å². The van der Waals surface area contributed by atoms with Crippen molar-refractivity contribution in [2.24, 2.45) is 0 Å². The number of nitrogens with zero attached hydrogens (tertiary/aromatic N) is 3. The van der Waals surface area contributed by atoms with E-state index in [1.165, 1.54) is 6.92 Å². The van der Waals surface area contributed by atoms with Gasteiger partial charge in [-0.15, -0.1) is 0 Å². The van der Waals surface area contributed by atoms with Gasteiger partial charge >= 0.3 is 12.1 Å². The Morgan fingerprint density at radius 3 is 2.38 bits per heavy atom. The van der Waals surface area contributed by atoms with Crippen molar-refractivity contribution in [3.63, 3.8) is 0 Å². The van der Waals surface area contributed by atoms with E-state index in [1.54, 1.807) is 36.1 Å². The molecular weight excluding hydrogens is 353 g/mol. The number of alkyl halides is 3. The van der Waals surface area contributed by atoms with E-state index in [2.05, 4.69) is 20.0 Å². The van der Waals surface area contributed by atoms with Crippen LogP contribution in [0.5, 0.6) is 0 Å². The van der Waals surface area contributed by atoms with E-state index >= 15 is 0 Å². The second-order valence-corrected chi connectivity index (χ2v) is 5.44. The van der Waals surface area contributed by atoms with Gasteiger partial charge in [0.25, 0.3) is 0 Å². The minimum absolute atomic E-state index is 0.0929. The van der Waals surface area contributed by atoms with Crippen LogP contribution < -0.4 is 5.32 Å². The molecule has 2 aromatic rings. The topological polar surface area (TPSA) is 88.3 Å². The minimum Gasteiger partial charge on any atom is -0.347 e. The van der Waals surface area contributed by atoms with Crippen LogP contribution in [-0.2, 0) is 22.3 Å². The highest BCUT2D eigenvalue weighted by molar-refractivity contribution is 5.83. The van der Waals surface area contributed by atoms with Gasteiger partial charge in [-0.1, -0.05) is 29.4 Å². The van der Waals surface area contributed by atoms with Crippen molar-refractivity contribution >= 4 is 11.8 Å². The Labute approximate surface area is 147 Å². The van der Waals surface area contributed by atoms with Crippen LogP contribution in [0.1, 0.15) is 25.3 Å². The molecular formula is C16H17F3N4O3. The van der Waals surface area contributed by atoms with Crippen molar-refractivity contribution in [3.05, 3.63) is 35.7 Å². The Kier molecular flexibility index (Phi) is 5.96. The molecule has 0 unspecified atom stereocenters. The number of likely N-dealkylation sites (N-methyl/N-ethyl adjacent to an activating group) is 1. The van der Waals surface area contributed by atoms with Gasteiger partial charge in [-0.2, -0.15) is 18.2 Å². The molecule has 0 aliphatic heterocycles. The number of hydrogen-bond donors (Lipinski definition) is 1. The molecule has 0 fully saturated rings. The summed E-state index contributed by atoms with van der Waals surface area (Å²) in [7, 11) is 0. The predicted molar refractivity (Wildman–Crippen MR) is 84.5 cm³/mol. The number of carbonyl (C=O) groups is 2. The highest BCUT2D eigenvalue weighted by Crippen LogP contribution is 2.29. The van der Waals surface area contributed by atoms with Crippen LogP contribution in [0, 0.1) is 0 Å². The van der Waals surface area contributed by atoms with E-state index in [4.69, 9.17) is 0 Å². The molecule has 0 radical (unpaired) electrons. The third-order valence-electron chi connectivity index (χ3n) is 3.48. The number of halogens is 3. The maximum absolute atomic E-state index is 12.5. The van der Waals surface area contributed by atoms with Gasteiger partial charge in [-0.05, 0) is 12.5 Å². The van der Waals surface area contributed by atoms with Gasteiger partial charge in [0, 0.05) is 25.6 Å². The number of nitrogens with one attached hydrogen (secondary N) is 1. The Balaban J connectivity index is 2.05. The lowest BCUT2D eigenvalue weighted by atomic mass is 10.1. The molecule has 0 aliphatic rings. The smallest absolute Gasteiger partial charge is 0.347 e. The summed E-state index contributed by atoms with van der Waals surface area (Å²) >= 11 is 0. The highest BCUT2D eigenvalue weighted by Gasteiger charge is 2.38. The molecule has 7 nitrogen and oxygen atoms in total. The average Bonchev–Trinajstić information content (AvgIpc) is 3.08. The van der Waals surface area contributed by atoms with Crippen LogP contribution >= 0.6 is 0 Å². The number of amides is 2. The monoisotopic (exact) mass is 370 g/mol. The molecule has 10 heteroatoms. The first-order valence-corrected chi connectivity index (χ1v) is 7.73. The maximum Gasteiger partial charge on any atom is 0.471 e. The number of carbonyl (C=O) groups excluding carboxylic acids is 2. The zero-order valence-corrected chi connectivity index (χ0v) is 14.1. The van der Waals surface area contributed by atoms with E-state index in [1.807, 2.05) is 0 Å². The minimum atomic E-state index is -4.69. The van der Waals surface area contributed by atoms with Crippen LogP contribution in [0.4, 0.5) is 13.2 Å². The highest BCUT2D eigenvalue weighted by atomic mass is 19.4. The molecule has 1 aromatic heterocycles. The fourth-order valence-corrected chi connectivity index (χ4v) is 2.12. The molecule has 0 bridgehead atoms. The molecule has 0 atom stereocenters. The largest absolute Gasteiger partial charge is 0.471 e. The molecule has 140 valence electrons. The first-order valence-electron chi connectivity index (χ1n) is 7.73. The van der Waals surface area contributed by atoms with E-state index in [0.29, 0.717) is 18.7 Å². The van der Waals surface area contributed by atoms with E-state index < -0.39 is 12.1 Å². The maximum atomic E-state index is 12.5. The Hall–Kier alpha value is -2.91. The fraction of sp³-hybridized carbons (Fsp3) is 0.375.